The van der Waals surface area contributed by atoms with Crippen LogP contribution >= 0.6 is 11.6 Å². The fourth-order valence-corrected chi connectivity index (χ4v) is 3.54. The van der Waals surface area contributed by atoms with Crippen molar-refractivity contribution in [3.63, 3.8) is 0 Å². The molecular formula is C18H19ClO. The molecular weight excluding hydrogens is 268 g/mol. The largest absolute Gasteiger partial charge is 0.497 e. The highest BCUT2D eigenvalue weighted by Gasteiger charge is 2.50. The Hall–Kier alpha value is -1.47. The molecule has 0 amide bonds. The Bertz CT molecular complexity index is 602. The van der Waals surface area contributed by atoms with E-state index in [1.165, 1.54) is 16.7 Å². The first-order chi connectivity index (χ1) is 9.67. The van der Waals surface area contributed by atoms with E-state index in [0.717, 1.165) is 18.6 Å². The summed E-state index contributed by atoms with van der Waals surface area (Å²) < 4.78 is 5.27. The first-order valence-corrected chi connectivity index (χ1v) is 7.45. The maximum atomic E-state index is 6.85. The average molecular weight is 287 g/mol. The smallest absolute Gasteiger partial charge is 0.119 e. The lowest BCUT2D eigenvalue weighted by Crippen LogP contribution is -2.15. The third-order valence-corrected chi connectivity index (χ3v) is 5.03. The number of methoxy groups -OCH3 is 1. The summed E-state index contributed by atoms with van der Waals surface area (Å²) in [6.07, 6.45) is 2.33. The van der Waals surface area contributed by atoms with Crippen molar-refractivity contribution < 1.29 is 4.74 Å². The van der Waals surface area contributed by atoms with Crippen LogP contribution in [0.1, 0.15) is 34.9 Å². The number of alkyl halides is 1. The van der Waals surface area contributed by atoms with E-state index in [-0.39, 0.29) is 10.8 Å². The molecule has 2 aromatic rings. The van der Waals surface area contributed by atoms with Crippen molar-refractivity contribution in [1.82, 2.24) is 0 Å². The summed E-state index contributed by atoms with van der Waals surface area (Å²) in [5, 5.41) is 0.0239. The van der Waals surface area contributed by atoms with Gasteiger partial charge in [-0.1, -0.05) is 36.4 Å². The second-order valence-corrected chi connectivity index (χ2v) is 6.04. The van der Waals surface area contributed by atoms with Gasteiger partial charge in [-0.05, 0) is 48.6 Å². The van der Waals surface area contributed by atoms with Crippen LogP contribution in [0.3, 0.4) is 0 Å². The maximum Gasteiger partial charge on any atom is 0.119 e. The van der Waals surface area contributed by atoms with Gasteiger partial charge in [0.15, 0.2) is 0 Å². The Labute approximate surface area is 125 Å². The summed E-state index contributed by atoms with van der Waals surface area (Å²) in [5.41, 5.74) is 3.89. The Morgan fingerprint density at radius 3 is 2.35 bits per heavy atom. The Balaban J connectivity index is 1.95. The highest BCUT2D eigenvalue weighted by atomic mass is 35.5. The molecule has 0 aliphatic heterocycles. The number of rotatable bonds is 4. The third kappa shape index (κ3) is 2.20. The predicted molar refractivity (Wildman–Crippen MR) is 83.7 cm³/mol. The van der Waals surface area contributed by atoms with Gasteiger partial charge in [0.1, 0.15) is 5.75 Å². The van der Waals surface area contributed by atoms with E-state index in [9.17, 15) is 0 Å². The van der Waals surface area contributed by atoms with Crippen LogP contribution in [-0.2, 0) is 5.41 Å². The van der Waals surface area contributed by atoms with Crippen LogP contribution in [0.4, 0.5) is 0 Å². The van der Waals surface area contributed by atoms with E-state index in [0.29, 0.717) is 0 Å². The van der Waals surface area contributed by atoms with Crippen molar-refractivity contribution in [2.24, 2.45) is 0 Å². The number of halogens is 1. The predicted octanol–water partition coefficient (Wildman–Crippen LogP) is 5.02. The van der Waals surface area contributed by atoms with Gasteiger partial charge in [0.05, 0.1) is 12.5 Å². The van der Waals surface area contributed by atoms with Gasteiger partial charge in [-0.15, -0.1) is 11.6 Å². The highest BCUT2D eigenvalue weighted by molar-refractivity contribution is 6.22. The number of hydrogen-bond acceptors (Lipinski definition) is 1. The molecule has 0 spiro atoms. The lowest BCUT2D eigenvalue weighted by atomic mass is 9.87. The molecule has 1 atom stereocenters. The SMILES string of the molecule is COc1ccc(C(Cl)C2(c3ccccc3)CC2)c(C)c1. The summed E-state index contributed by atoms with van der Waals surface area (Å²) >= 11 is 6.85. The zero-order chi connectivity index (χ0) is 14.2. The van der Waals surface area contributed by atoms with Gasteiger partial charge in [0, 0.05) is 5.41 Å². The van der Waals surface area contributed by atoms with Gasteiger partial charge in [-0.25, -0.2) is 0 Å². The topological polar surface area (TPSA) is 9.23 Å². The summed E-state index contributed by atoms with van der Waals surface area (Å²) in [4.78, 5) is 0. The van der Waals surface area contributed by atoms with E-state index in [1.807, 2.05) is 6.07 Å². The first kappa shape index (κ1) is 13.5. The Kier molecular flexibility index (Phi) is 3.47. The van der Waals surface area contributed by atoms with E-state index < -0.39 is 0 Å². The summed E-state index contributed by atoms with van der Waals surface area (Å²) in [6, 6.07) is 16.8. The van der Waals surface area contributed by atoms with Crippen molar-refractivity contribution in [2.75, 3.05) is 7.11 Å². The van der Waals surface area contributed by atoms with Crippen LogP contribution in [-0.4, -0.2) is 7.11 Å². The molecule has 1 aliphatic carbocycles. The van der Waals surface area contributed by atoms with Gasteiger partial charge in [0.25, 0.3) is 0 Å². The molecule has 1 fully saturated rings. The number of hydrogen-bond donors (Lipinski definition) is 0. The fourth-order valence-electron chi connectivity index (χ4n) is 2.95. The quantitative estimate of drug-likeness (QED) is 0.718. The zero-order valence-corrected chi connectivity index (χ0v) is 12.7. The van der Waals surface area contributed by atoms with Crippen LogP contribution in [0.15, 0.2) is 48.5 Å². The third-order valence-electron chi connectivity index (χ3n) is 4.37. The summed E-state index contributed by atoms with van der Waals surface area (Å²) in [7, 11) is 1.69. The molecule has 2 aromatic carbocycles. The molecule has 20 heavy (non-hydrogen) atoms. The maximum absolute atomic E-state index is 6.85. The van der Waals surface area contributed by atoms with E-state index in [2.05, 4.69) is 49.4 Å². The van der Waals surface area contributed by atoms with Gasteiger partial charge in [0.2, 0.25) is 0 Å². The molecule has 0 saturated heterocycles. The highest BCUT2D eigenvalue weighted by Crippen LogP contribution is 2.59. The normalized spacial score (nSPS) is 17.6. The van der Waals surface area contributed by atoms with Gasteiger partial charge in [-0.3, -0.25) is 0 Å². The molecule has 0 aromatic heterocycles. The van der Waals surface area contributed by atoms with Crippen LogP contribution in [0, 0.1) is 6.92 Å². The number of benzene rings is 2. The average Bonchev–Trinajstić information content (AvgIpc) is 3.29. The monoisotopic (exact) mass is 286 g/mol. The molecule has 0 heterocycles. The molecule has 1 saturated carbocycles. The molecule has 1 unspecified atom stereocenters. The van der Waals surface area contributed by atoms with Crippen LogP contribution < -0.4 is 4.74 Å². The molecule has 1 nitrogen and oxygen atoms in total. The van der Waals surface area contributed by atoms with Gasteiger partial charge in [-0.2, -0.15) is 0 Å². The summed E-state index contributed by atoms with van der Waals surface area (Å²) in [5.74, 6) is 0.889. The van der Waals surface area contributed by atoms with Crippen molar-refractivity contribution >= 4 is 11.6 Å². The molecule has 2 heteroatoms. The minimum absolute atomic E-state index is 0.0239. The van der Waals surface area contributed by atoms with Crippen molar-refractivity contribution in [3.05, 3.63) is 65.2 Å². The van der Waals surface area contributed by atoms with Crippen molar-refractivity contribution in [3.8, 4) is 5.75 Å². The van der Waals surface area contributed by atoms with E-state index in [1.54, 1.807) is 7.11 Å². The molecule has 104 valence electrons. The van der Waals surface area contributed by atoms with Crippen LogP contribution in [0.25, 0.3) is 0 Å². The molecule has 0 radical (unpaired) electrons. The zero-order valence-electron chi connectivity index (χ0n) is 11.9. The second kappa shape index (κ2) is 5.14. The number of aryl methyl sites for hydroxylation is 1. The van der Waals surface area contributed by atoms with Crippen LogP contribution in [0.5, 0.6) is 5.75 Å². The van der Waals surface area contributed by atoms with Gasteiger partial charge >= 0.3 is 0 Å². The van der Waals surface area contributed by atoms with Gasteiger partial charge < -0.3 is 4.74 Å². The minimum atomic E-state index is 0.0239. The van der Waals surface area contributed by atoms with Crippen LogP contribution in [0.2, 0.25) is 0 Å². The lowest BCUT2D eigenvalue weighted by molar-refractivity contribution is 0.414. The Morgan fingerprint density at radius 2 is 1.80 bits per heavy atom. The van der Waals surface area contributed by atoms with E-state index in [4.69, 9.17) is 16.3 Å². The standard InChI is InChI=1S/C18H19ClO/c1-13-12-15(20-2)8-9-16(13)17(19)18(10-11-18)14-6-4-3-5-7-14/h3-9,12,17H,10-11H2,1-2H3. The Morgan fingerprint density at radius 1 is 1.10 bits per heavy atom. The molecule has 0 N–H and O–H groups in total. The second-order valence-electron chi connectivity index (χ2n) is 5.61. The number of ether oxygens (including phenoxy) is 1. The minimum Gasteiger partial charge on any atom is -0.497 e. The lowest BCUT2D eigenvalue weighted by Gasteiger charge is -2.24. The fraction of sp³-hybridized carbons (Fsp3) is 0.333. The first-order valence-electron chi connectivity index (χ1n) is 7.01. The molecule has 3 rings (SSSR count). The van der Waals surface area contributed by atoms with Crippen molar-refractivity contribution in [2.45, 2.75) is 30.6 Å². The molecule has 1 aliphatic rings. The van der Waals surface area contributed by atoms with Crippen molar-refractivity contribution in [1.29, 1.82) is 0 Å². The summed E-state index contributed by atoms with van der Waals surface area (Å²) in [6.45, 7) is 2.11. The molecule has 0 bridgehead atoms. The van der Waals surface area contributed by atoms with E-state index >= 15 is 0 Å².